The van der Waals surface area contributed by atoms with Gasteiger partial charge >= 0.3 is 0 Å². The topological polar surface area (TPSA) is 73.0 Å². The Morgan fingerprint density at radius 1 is 0.963 bits per heavy atom. The van der Waals surface area contributed by atoms with Gasteiger partial charge in [-0.1, -0.05) is 18.2 Å². The minimum Gasteiger partial charge on any atom is -0.340 e. The van der Waals surface area contributed by atoms with Crippen LogP contribution in [0.1, 0.15) is 12.8 Å². The van der Waals surface area contributed by atoms with Gasteiger partial charge in [0.25, 0.3) is 0 Å². The Labute approximate surface area is 168 Å². The second kappa shape index (κ2) is 10.4. The van der Waals surface area contributed by atoms with E-state index in [1.807, 2.05) is 11.0 Å². The van der Waals surface area contributed by atoms with Crippen LogP contribution in [0.25, 0.3) is 0 Å². The maximum absolute atomic E-state index is 12.8. The van der Waals surface area contributed by atoms with E-state index in [1.54, 1.807) is 28.6 Å². The summed E-state index contributed by atoms with van der Waals surface area (Å²) in [6.07, 6.45) is 1.29. The lowest BCUT2D eigenvalue weighted by Crippen LogP contribution is -2.47. The van der Waals surface area contributed by atoms with E-state index in [4.69, 9.17) is 0 Å². The molecule has 1 amide bonds. The van der Waals surface area contributed by atoms with Crippen LogP contribution < -0.4 is 5.32 Å². The average molecular weight is 417 g/mol. The lowest BCUT2D eigenvalue weighted by molar-refractivity contribution is -0.132. The molecule has 0 bridgehead atoms. The second-order valence-electron chi connectivity index (χ2n) is 6.79. The predicted octanol–water partition coefficient (Wildman–Crippen LogP) is 0.627. The Balaban J connectivity index is 0.00000261. The van der Waals surface area contributed by atoms with E-state index in [-0.39, 0.29) is 18.3 Å². The Morgan fingerprint density at radius 3 is 2.37 bits per heavy atom. The molecular formula is C18H29ClN4O3S. The molecule has 1 aromatic carbocycles. The standard InChI is InChI=1S/C18H28N4O3S.ClH/c23-18(21-13-8-19-9-14-21)7-12-20-10-4-11-22(16-15-20)26(24,25)17-5-2-1-3-6-17;/h1-3,5-6,19H,4,7-16H2;1H. The Morgan fingerprint density at radius 2 is 1.67 bits per heavy atom. The Bertz CT molecular complexity index is 696. The van der Waals surface area contributed by atoms with Crippen molar-refractivity contribution in [3.05, 3.63) is 30.3 Å². The molecule has 0 aliphatic carbocycles. The van der Waals surface area contributed by atoms with Gasteiger partial charge in [-0.2, -0.15) is 4.31 Å². The highest BCUT2D eigenvalue weighted by molar-refractivity contribution is 7.89. The summed E-state index contributed by atoms with van der Waals surface area (Å²) in [6, 6.07) is 8.60. The van der Waals surface area contributed by atoms with Crippen LogP contribution in [0.5, 0.6) is 0 Å². The first-order chi connectivity index (χ1) is 12.6. The van der Waals surface area contributed by atoms with Crippen LogP contribution in [0.2, 0.25) is 0 Å². The van der Waals surface area contributed by atoms with Gasteiger partial charge in [0.1, 0.15) is 0 Å². The summed E-state index contributed by atoms with van der Waals surface area (Å²) < 4.78 is 27.1. The minimum atomic E-state index is -3.43. The zero-order valence-corrected chi connectivity index (χ0v) is 17.2. The molecule has 1 aromatic rings. The van der Waals surface area contributed by atoms with Crippen LogP contribution in [-0.4, -0.2) is 87.3 Å². The summed E-state index contributed by atoms with van der Waals surface area (Å²) in [7, 11) is -3.43. The fourth-order valence-electron chi connectivity index (χ4n) is 3.48. The first kappa shape index (κ1) is 22.1. The zero-order chi connectivity index (χ0) is 18.4. The molecule has 0 aromatic heterocycles. The first-order valence-corrected chi connectivity index (χ1v) is 10.8. The number of nitrogens with zero attached hydrogens (tertiary/aromatic N) is 3. The molecule has 1 N–H and O–H groups in total. The SMILES string of the molecule is Cl.O=C(CCN1CCCN(S(=O)(=O)c2ccccc2)CC1)N1CCNCC1. The maximum Gasteiger partial charge on any atom is 0.243 e. The molecule has 7 nitrogen and oxygen atoms in total. The third-order valence-corrected chi connectivity index (χ3v) is 6.95. The molecule has 3 rings (SSSR count). The maximum atomic E-state index is 12.8. The number of carbonyl (C=O) groups excluding carboxylic acids is 1. The number of nitrogens with one attached hydrogen (secondary N) is 1. The molecular weight excluding hydrogens is 388 g/mol. The van der Waals surface area contributed by atoms with Crippen molar-refractivity contribution >= 4 is 28.3 Å². The molecule has 152 valence electrons. The highest BCUT2D eigenvalue weighted by atomic mass is 35.5. The van der Waals surface area contributed by atoms with Crippen LogP contribution in [0.3, 0.4) is 0 Å². The lowest BCUT2D eigenvalue weighted by Gasteiger charge is -2.28. The van der Waals surface area contributed by atoms with Crippen LogP contribution in [0, 0.1) is 0 Å². The van der Waals surface area contributed by atoms with Gasteiger partial charge in [0.15, 0.2) is 0 Å². The van der Waals surface area contributed by atoms with E-state index >= 15 is 0 Å². The number of sulfonamides is 1. The van der Waals surface area contributed by atoms with Crippen molar-refractivity contribution < 1.29 is 13.2 Å². The number of benzene rings is 1. The van der Waals surface area contributed by atoms with Crippen LogP contribution in [0.15, 0.2) is 35.2 Å². The monoisotopic (exact) mass is 416 g/mol. The van der Waals surface area contributed by atoms with Crippen molar-refractivity contribution in [3.8, 4) is 0 Å². The molecule has 2 heterocycles. The molecule has 2 saturated heterocycles. The van der Waals surface area contributed by atoms with E-state index in [0.717, 1.165) is 39.1 Å². The fourth-order valence-corrected chi connectivity index (χ4v) is 4.97. The third-order valence-electron chi connectivity index (χ3n) is 5.04. The molecule has 2 aliphatic rings. The summed E-state index contributed by atoms with van der Waals surface area (Å²) in [5, 5.41) is 3.25. The van der Waals surface area contributed by atoms with Crippen molar-refractivity contribution in [2.45, 2.75) is 17.7 Å². The first-order valence-electron chi connectivity index (χ1n) is 9.33. The van der Waals surface area contributed by atoms with Gasteiger partial charge in [-0.3, -0.25) is 4.79 Å². The molecule has 2 fully saturated rings. The van der Waals surface area contributed by atoms with E-state index in [0.29, 0.717) is 37.5 Å². The van der Waals surface area contributed by atoms with Gasteiger partial charge in [0.05, 0.1) is 4.90 Å². The largest absolute Gasteiger partial charge is 0.340 e. The highest BCUT2D eigenvalue weighted by Gasteiger charge is 2.27. The van der Waals surface area contributed by atoms with Gasteiger partial charge in [-0.05, 0) is 25.1 Å². The molecule has 0 atom stereocenters. The lowest BCUT2D eigenvalue weighted by atomic mass is 10.3. The van der Waals surface area contributed by atoms with Crippen molar-refractivity contribution in [1.29, 1.82) is 0 Å². The smallest absolute Gasteiger partial charge is 0.243 e. The van der Waals surface area contributed by atoms with E-state index < -0.39 is 10.0 Å². The summed E-state index contributed by atoms with van der Waals surface area (Å²) in [6.45, 7) is 6.48. The number of carbonyl (C=O) groups is 1. The molecule has 0 spiro atoms. The number of piperazine rings is 1. The molecule has 9 heteroatoms. The normalized spacial score (nSPS) is 19.9. The zero-order valence-electron chi connectivity index (χ0n) is 15.5. The Hall–Kier alpha value is -1.19. The summed E-state index contributed by atoms with van der Waals surface area (Å²) >= 11 is 0. The number of amides is 1. The van der Waals surface area contributed by atoms with Crippen molar-refractivity contribution in [2.75, 3.05) is 58.9 Å². The second-order valence-corrected chi connectivity index (χ2v) is 8.73. The summed E-state index contributed by atoms with van der Waals surface area (Å²) in [4.78, 5) is 16.8. The van der Waals surface area contributed by atoms with E-state index in [9.17, 15) is 13.2 Å². The molecule has 0 saturated carbocycles. The number of hydrogen-bond donors (Lipinski definition) is 1. The predicted molar refractivity (Wildman–Crippen MR) is 108 cm³/mol. The van der Waals surface area contributed by atoms with Crippen molar-refractivity contribution in [1.82, 2.24) is 19.4 Å². The van der Waals surface area contributed by atoms with Gasteiger partial charge < -0.3 is 15.1 Å². The van der Waals surface area contributed by atoms with Crippen LogP contribution in [-0.2, 0) is 14.8 Å². The highest BCUT2D eigenvalue weighted by Crippen LogP contribution is 2.17. The third kappa shape index (κ3) is 5.89. The molecule has 0 radical (unpaired) electrons. The van der Waals surface area contributed by atoms with Crippen molar-refractivity contribution in [2.24, 2.45) is 0 Å². The molecule has 27 heavy (non-hydrogen) atoms. The fraction of sp³-hybridized carbons (Fsp3) is 0.611. The van der Waals surface area contributed by atoms with Crippen LogP contribution >= 0.6 is 12.4 Å². The molecule has 0 unspecified atom stereocenters. The number of rotatable bonds is 5. The number of halogens is 1. The van der Waals surface area contributed by atoms with Gasteiger partial charge in [-0.15, -0.1) is 12.4 Å². The van der Waals surface area contributed by atoms with Crippen LogP contribution in [0.4, 0.5) is 0 Å². The summed E-state index contributed by atoms with van der Waals surface area (Å²) in [5.41, 5.74) is 0. The van der Waals surface area contributed by atoms with E-state index in [2.05, 4.69) is 10.2 Å². The quantitative estimate of drug-likeness (QED) is 0.762. The van der Waals surface area contributed by atoms with Gasteiger partial charge in [-0.25, -0.2) is 8.42 Å². The molecule has 2 aliphatic heterocycles. The van der Waals surface area contributed by atoms with Crippen molar-refractivity contribution in [3.63, 3.8) is 0 Å². The Kier molecular flexibility index (Phi) is 8.50. The minimum absolute atomic E-state index is 0. The average Bonchev–Trinajstić information content (AvgIpc) is 2.94. The van der Waals surface area contributed by atoms with E-state index in [1.165, 1.54) is 0 Å². The number of hydrogen-bond acceptors (Lipinski definition) is 5. The summed E-state index contributed by atoms with van der Waals surface area (Å²) in [5.74, 6) is 0.199. The van der Waals surface area contributed by atoms with Gasteiger partial charge in [0.2, 0.25) is 15.9 Å². The van der Waals surface area contributed by atoms with Gasteiger partial charge in [0, 0.05) is 58.8 Å².